The SMILES string of the molecule is CC(N)C(c1ccc(Cl)cc1)N1CCC(CC(N)=O)CC1. The van der Waals surface area contributed by atoms with E-state index in [1.165, 1.54) is 5.56 Å². The van der Waals surface area contributed by atoms with Gasteiger partial charge in [0.15, 0.2) is 0 Å². The highest BCUT2D eigenvalue weighted by atomic mass is 35.5. The number of primary amides is 1. The van der Waals surface area contributed by atoms with Crippen LogP contribution in [-0.2, 0) is 4.79 Å². The van der Waals surface area contributed by atoms with Crippen LogP contribution in [0.4, 0.5) is 0 Å². The van der Waals surface area contributed by atoms with Gasteiger partial charge in [-0.25, -0.2) is 0 Å². The van der Waals surface area contributed by atoms with Gasteiger partial charge in [0.25, 0.3) is 0 Å². The van der Waals surface area contributed by atoms with Gasteiger partial charge >= 0.3 is 0 Å². The number of carbonyl (C=O) groups is 1. The second kappa shape index (κ2) is 7.25. The van der Waals surface area contributed by atoms with Crippen LogP contribution in [0.15, 0.2) is 24.3 Å². The van der Waals surface area contributed by atoms with Crippen molar-refractivity contribution in [2.24, 2.45) is 17.4 Å². The van der Waals surface area contributed by atoms with Crippen molar-refractivity contribution in [2.75, 3.05) is 13.1 Å². The van der Waals surface area contributed by atoms with Gasteiger partial charge in [0, 0.05) is 23.5 Å². The Kier molecular flexibility index (Phi) is 5.62. The third kappa shape index (κ3) is 4.43. The van der Waals surface area contributed by atoms with Crippen LogP contribution in [0.1, 0.15) is 37.8 Å². The van der Waals surface area contributed by atoms with Gasteiger partial charge in [-0.15, -0.1) is 0 Å². The number of hydrogen-bond acceptors (Lipinski definition) is 3. The van der Waals surface area contributed by atoms with Crippen molar-refractivity contribution in [3.63, 3.8) is 0 Å². The van der Waals surface area contributed by atoms with Gasteiger partial charge in [0.1, 0.15) is 0 Å². The van der Waals surface area contributed by atoms with Gasteiger partial charge in [-0.2, -0.15) is 0 Å². The van der Waals surface area contributed by atoms with E-state index in [1.54, 1.807) is 0 Å². The molecular weight excluding hydrogens is 286 g/mol. The molecule has 0 spiro atoms. The van der Waals surface area contributed by atoms with Crippen LogP contribution >= 0.6 is 11.6 Å². The number of piperidine rings is 1. The van der Waals surface area contributed by atoms with Crippen molar-refractivity contribution in [1.82, 2.24) is 4.90 Å². The average Bonchev–Trinajstić information content (AvgIpc) is 2.42. The summed E-state index contributed by atoms with van der Waals surface area (Å²) in [6, 6.07) is 8.14. The Morgan fingerprint density at radius 3 is 2.38 bits per heavy atom. The van der Waals surface area contributed by atoms with Gasteiger partial charge in [-0.3, -0.25) is 9.69 Å². The molecule has 2 unspecified atom stereocenters. The Morgan fingerprint density at radius 2 is 1.90 bits per heavy atom. The van der Waals surface area contributed by atoms with Crippen LogP contribution in [0, 0.1) is 5.92 Å². The molecule has 5 heteroatoms. The number of amides is 1. The molecule has 0 radical (unpaired) electrons. The molecule has 1 amide bonds. The molecule has 116 valence electrons. The van der Waals surface area contributed by atoms with Crippen LogP contribution in [0.5, 0.6) is 0 Å². The molecule has 1 aromatic carbocycles. The zero-order chi connectivity index (χ0) is 15.4. The number of carbonyl (C=O) groups excluding carboxylic acids is 1. The molecule has 0 aromatic heterocycles. The Bertz CT molecular complexity index is 467. The molecule has 0 saturated carbocycles. The van der Waals surface area contributed by atoms with E-state index in [2.05, 4.69) is 4.90 Å². The van der Waals surface area contributed by atoms with E-state index in [0.29, 0.717) is 12.3 Å². The summed E-state index contributed by atoms with van der Waals surface area (Å²) in [6.45, 7) is 3.94. The van der Waals surface area contributed by atoms with Gasteiger partial charge in [0.2, 0.25) is 5.91 Å². The molecule has 1 saturated heterocycles. The van der Waals surface area contributed by atoms with Gasteiger partial charge in [-0.1, -0.05) is 23.7 Å². The molecule has 4 nitrogen and oxygen atoms in total. The van der Waals surface area contributed by atoms with Crippen LogP contribution in [0.25, 0.3) is 0 Å². The van der Waals surface area contributed by atoms with E-state index in [9.17, 15) is 4.79 Å². The Balaban J connectivity index is 2.04. The van der Waals surface area contributed by atoms with E-state index in [-0.39, 0.29) is 18.0 Å². The van der Waals surface area contributed by atoms with E-state index >= 15 is 0 Å². The Morgan fingerprint density at radius 1 is 1.33 bits per heavy atom. The average molecular weight is 310 g/mol. The molecule has 0 aliphatic carbocycles. The highest BCUT2D eigenvalue weighted by molar-refractivity contribution is 6.30. The number of halogens is 1. The fourth-order valence-electron chi connectivity index (χ4n) is 3.23. The molecule has 2 rings (SSSR count). The van der Waals surface area contributed by atoms with E-state index < -0.39 is 0 Å². The van der Waals surface area contributed by atoms with Crippen LogP contribution < -0.4 is 11.5 Å². The molecule has 1 aromatic rings. The molecule has 1 aliphatic rings. The minimum absolute atomic E-state index is 0.0406. The fourth-order valence-corrected chi connectivity index (χ4v) is 3.35. The molecule has 0 bridgehead atoms. The van der Waals surface area contributed by atoms with Crippen molar-refractivity contribution in [3.8, 4) is 0 Å². The maximum Gasteiger partial charge on any atom is 0.217 e. The summed E-state index contributed by atoms with van der Waals surface area (Å²) in [4.78, 5) is 13.4. The summed E-state index contributed by atoms with van der Waals surface area (Å²) < 4.78 is 0. The van der Waals surface area contributed by atoms with Crippen molar-refractivity contribution < 1.29 is 4.79 Å². The third-order valence-corrected chi connectivity index (χ3v) is 4.49. The minimum Gasteiger partial charge on any atom is -0.370 e. The number of hydrogen-bond donors (Lipinski definition) is 2. The predicted octanol–water partition coefficient (Wildman–Crippen LogP) is 2.32. The van der Waals surface area contributed by atoms with Crippen molar-refractivity contribution in [1.29, 1.82) is 0 Å². The number of likely N-dealkylation sites (tertiary alicyclic amines) is 1. The highest BCUT2D eigenvalue weighted by Crippen LogP contribution is 2.30. The molecule has 1 fully saturated rings. The van der Waals surface area contributed by atoms with E-state index in [1.807, 2.05) is 31.2 Å². The number of benzene rings is 1. The molecule has 1 heterocycles. The topological polar surface area (TPSA) is 72.3 Å². The third-order valence-electron chi connectivity index (χ3n) is 4.24. The van der Waals surface area contributed by atoms with Gasteiger partial charge < -0.3 is 11.5 Å². The van der Waals surface area contributed by atoms with Crippen LogP contribution in [0.3, 0.4) is 0 Å². The van der Waals surface area contributed by atoms with Gasteiger partial charge in [0.05, 0.1) is 0 Å². The van der Waals surface area contributed by atoms with E-state index in [4.69, 9.17) is 23.1 Å². The normalized spacial score (nSPS) is 20.1. The number of nitrogens with two attached hydrogens (primary N) is 2. The summed E-state index contributed by atoms with van der Waals surface area (Å²) >= 11 is 5.96. The molecule has 1 aliphatic heterocycles. The predicted molar refractivity (Wildman–Crippen MR) is 86.0 cm³/mol. The quantitative estimate of drug-likeness (QED) is 0.876. The lowest BCUT2D eigenvalue weighted by atomic mass is 9.90. The maximum atomic E-state index is 11.0. The van der Waals surface area contributed by atoms with Crippen molar-refractivity contribution >= 4 is 17.5 Å². The molecule has 2 atom stereocenters. The van der Waals surface area contributed by atoms with Gasteiger partial charge in [-0.05, 0) is 56.5 Å². The Hall–Kier alpha value is -1.10. The smallest absolute Gasteiger partial charge is 0.217 e. The fraction of sp³-hybridized carbons (Fsp3) is 0.562. The number of rotatable bonds is 5. The van der Waals surface area contributed by atoms with Crippen LogP contribution in [-0.4, -0.2) is 29.9 Å². The summed E-state index contributed by atoms with van der Waals surface area (Å²) in [5.74, 6) is 0.215. The monoisotopic (exact) mass is 309 g/mol. The second-order valence-electron chi connectivity index (χ2n) is 6.01. The standard InChI is InChI=1S/C16H24ClN3O/c1-11(18)16(13-2-4-14(17)5-3-13)20-8-6-12(7-9-20)10-15(19)21/h2-5,11-12,16H,6-10,18H2,1H3,(H2,19,21). The highest BCUT2D eigenvalue weighted by Gasteiger charge is 2.28. The van der Waals surface area contributed by atoms with Crippen molar-refractivity contribution in [3.05, 3.63) is 34.9 Å². The number of nitrogens with zero attached hydrogens (tertiary/aromatic N) is 1. The summed E-state index contributed by atoms with van der Waals surface area (Å²) in [6.07, 6.45) is 2.50. The second-order valence-corrected chi connectivity index (χ2v) is 6.44. The first-order valence-corrected chi connectivity index (χ1v) is 7.88. The van der Waals surface area contributed by atoms with Crippen molar-refractivity contribution in [2.45, 2.75) is 38.3 Å². The summed E-state index contributed by atoms with van der Waals surface area (Å²) in [5, 5.41) is 0.738. The summed E-state index contributed by atoms with van der Waals surface area (Å²) in [5.41, 5.74) is 12.7. The zero-order valence-corrected chi connectivity index (χ0v) is 13.2. The Labute approximate surface area is 131 Å². The minimum atomic E-state index is -0.199. The maximum absolute atomic E-state index is 11.0. The first kappa shape index (κ1) is 16.3. The molecule has 4 N–H and O–H groups in total. The van der Waals surface area contributed by atoms with E-state index in [0.717, 1.165) is 31.0 Å². The molecule has 21 heavy (non-hydrogen) atoms. The first-order chi connectivity index (χ1) is 9.97. The lowest BCUT2D eigenvalue weighted by Crippen LogP contribution is -2.44. The summed E-state index contributed by atoms with van der Waals surface area (Å²) in [7, 11) is 0. The largest absolute Gasteiger partial charge is 0.370 e. The first-order valence-electron chi connectivity index (χ1n) is 7.50. The lowest BCUT2D eigenvalue weighted by molar-refractivity contribution is -0.119. The molecular formula is C16H24ClN3O. The zero-order valence-electron chi connectivity index (χ0n) is 12.5. The van der Waals surface area contributed by atoms with Crippen LogP contribution in [0.2, 0.25) is 5.02 Å². The lowest BCUT2D eigenvalue weighted by Gasteiger charge is -2.39.